The molecule has 1 heterocycles. The van der Waals surface area contributed by atoms with E-state index in [9.17, 15) is 18.0 Å². The van der Waals surface area contributed by atoms with Crippen molar-refractivity contribution in [3.05, 3.63) is 63.1 Å². The molecule has 2 nitrogen and oxygen atoms in total. The van der Waals surface area contributed by atoms with Gasteiger partial charge in [0, 0.05) is 21.2 Å². The summed E-state index contributed by atoms with van der Waals surface area (Å²) < 4.78 is 38.4. The third kappa shape index (κ3) is 3.07. The van der Waals surface area contributed by atoms with Gasteiger partial charge in [-0.3, -0.25) is 4.79 Å². The van der Waals surface area contributed by atoms with Crippen LogP contribution in [0.2, 0.25) is 10.0 Å². The van der Waals surface area contributed by atoms with E-state index in [4.69, 9.17) is 23.2 Å². The van der Waals surface area contributed by atoms with Gasteiger partial charge in [0.15, 0.2) is 0 Å². The fourth-order valence-corrected chi connectivity index (χ4v) is 2.64. The Morgan fingerprint density at radius 1 is 1.04 bits per heavy atom. The lowest BCUT2D eigenvalue weighted by atomic mass is 10.0. The lowest BCUT2D eigenvalue weighted by Crippen LogP contribution is -2.05. The third-order valence-electron chi connectivity index (χ3n) is 3.39. The number of alkyl halides is 3. The van der Waals surface area contributed by atoms with E-state index in [1.54, 1.807) is 18.2 Å². The molecule has 1 aliphatic rings. The number of anilines is 1. The third-order valence-corrected chi connectivity index (χ3v) is 3.97. The highest BCUT2D eigenvalue weighted by atomic mass is 35.5. The van der Waals surface area contributed by atoms with Crippen LogP contribution in [0.4, 0.5) is 18.9 Å². The molecule has 3 rings (SSSR count). The SMILES string of the molecule is O=C1Nc2cc(Cl)ccc2/C1=C\c1cc(C(F)(F)F)ccc1Cl. The first-order valence-corrected chi connectivity index (χ1v) is 7.21. The average molecular weight is 358 g/mol. The molecule has 23 heavy (non-hydrogen) atoms. The van der Waals surface area contributed by atoms with Gasteiger partial charge >= 0.3 is 6.18 Å². The highest BCUT2D eigenvalue weighted by molar-refractivity contribution is 6.38. The Hall–Kier alpha value is -1.98. The number of carbonyl (C=O) groups is 1. The lowest BCUT2D eigenvalue weighted by Gasteiger charge is -2.09. The molecule has 0 saturated carbocycles. The van der Waals surface area contributed by atoms with Crippen LogP contribution in [-0.4, -0.2) is 5.91 Å². The topological polar surface area (TPSA) is 29.1 Å². The second-order valence-electron chi connectivity index (χ2n) is 4.94. The maximum absolute atomic E-state index is 12.8. The number of amides is 1. The van der Waals surface area contributed by atoms with Gasteiger partial charge in [0.05, 0.1) is 11.3 Å². The van der Waals surface area contributed by atoms with E-state index < -0.39 is 17.6 Å². The molecule has 7 heteroatoms. The van der Waals surface area contributed by atoms with Crippen molar-refractivity contribution in [2.75, 3.05) is 5.32 Å². The molecule has 0 fully saturated rings. The molecule has 0 radical (unpaired) electrons. The highest BCUT2D eigenvalue weighted by Crippen LogP contribution is 2.37. The maximum atomic E-state index is 12.8. The number of halogens is 5. The first-order valence-electron chi connectivity index (χ1n) is 6.45. The van der Waals surface area contributed by atoms with Gasteiger partial charge in [0.2, 0.25) is 0 Å². The first kappa shape index (κ1) is 15.9. The van der Waals surface area contributed by atoms with Crippen LogP contribution in [0.3, 0.4) is 0 Å². The fourth-order valence-electron chi connectivity index (χ4n) is 2.30. The van der Waals surface area contributed by atoms with Crippen LogP contribution in [0.25, 0.3) is 11.6 Å². The Morgan fingerprint density at radius 2 is 1.78 bits per heavy atom. The standard InChI is InChI=1S/C16H8Cl2F3NO/c17-10-2-3-11-12(15(23)22-14(11)7-10)6-8-5-9(16(19,20)21)1-4-13(8)18/h1-7H,(H,22,23)/b12-6+. The summed E-state index contributed by atoms with van der Waals surface area (Å²) in [4.78, 5) is 12.1. The summed E-state index contributed by atoms with van der Waals surface area (Å²) in [6, 6.07) is 7.77. The largest absolute Gasteiger partial charge is 0.416 e. The van der Waals surface area contributed by atoms with Gasteiger partial charge < -0.3 is 5.32 Å². The van der Waals surface area contributed by atoms with Crippen LogP contribution in [0, 0.1) is 0 Å². The van der Waals surface area contributed by atoms with E-state index in [1.165, 1.54) is 6.08 Å². The summed E-state index contributed by atoms with van der Waals surface area (Å²) in [6.07, 6.45) is -3.14. The van der Waals surface area contributed by atoms with E-state index in [2.05, 4.69) is 5.32 Å². The summed E-state index contributed by atoms with van der Waals surface area (Å²) in [5.41, 5.74) is 0.598. The van der Waals surface area contributed by atoms with Crippen LogP contribution in [0.15, 0.2) is 36.4 Å². The van der Waals surface area contributed by atoms with Crippen molar-refractivity contribution in [2.24, 2.45) is 0 Å². The Kier molecular flexibility index (Phi) is 3.86. The fraction of sp³-hybridized carbons (Fsp3) is 0.0625. The quantitative estimate of drug-likeness (QED) is 0.670. The number of nitrogens with one attached hydrogen (secondary N) is 1. The van der Waals surface area contributed by atoms with Crippen molar-refractivity contribution in [2.45, 2.75) is 6.18 Å². The smallest absolute Gasteiger partial charge is 0.321 e. The number of carbonyl (C=O) groups excluding carboxylic acids is 1. The second-order valence-corrected chi connectivity index (χ2v) is 5.78. The Labute approximate surface area is 139 Å². The molecule has 0 aromatic heterocycles. The van der Waals surface area contributed by atoms with Crippen LogP contribution in [0.1, 0.15) is 16.7 Å². The van der Waals surface area contributed by atoms with Crippen LogP contribution >= 0.6 is 23.2 Å². The normalized spacial score (nSPS) is 15.7. The Morgan fingerprint density at radius 3 is 2.48 bits per heavy atom. The van der Waals surface area contributed by atoms with E-state index in [1.807, 2.05) is 0 Å². The van der Waals surface area contributed by atoms with Crippen LogP contribution in [0.5, 0.6) is 0 Å². The zero-order chi connectivity index (χ0) is 16.8. The number of hydrogen-bond donors (Lipinski definition) is 1. The Balaban J connectivity index is 2.11. The number of hydrogen-bond acceptors (Lipinski definition) is 1. The lowest BCUT2D eigenvalue weighted by molar-refractivity contribution is -0.137. The summed E-state index contributed by atoms with van der Waals surface area (Å²) in [5.74, 6) is -0.421. The number of rotatable bonds is 1. The highest BCUT2D eigenvalue weighted by Gasteiger charge is 2.31. The molecule has 1 aliphatic heterocycles. The molecule has 1 N–H and O–H groups in total. The van der Waals surface area contributed by atoms with Crippen molar-refractivity contribution in [1.82, 2.24) is 0 Å². The minimum absolute atomic E-state index is 0.120. The molecule has 0 bridgehead atoms. The van der Waals surface area contributed by atoms with Gasteiger partial charge in [0.25, 0.3) is 5.91 Å². The van der Waals surface area contributed by atoms with Crippen LogP contribution < -0.4 is 5.32 Å². The van der Waals surface area contributed by atoms with Crippen LogP contribution in [-0.2, 0) is 11.0 Å². The average Bonchev–Trinajstić information content (AvgIpc) is 2.75. The molecule has 0 saturated heterocycles. The number of benzene rings is 2. The predicted molar refractivity (Wildman–Crippen MR) is 84.4 cm³/mol. The molecular formula is C16H8Cl2F3NO. The molecule has 2 aromatic rings. The summed E-state index contributed by atoms with van der Waals surface area (Å²) in [7, 11) is 0. The first-order chi connectivity index (χ1) is 10.8. The van der Waals surface area contributed by atoms with Crippen molar-refractivity contribution in [3.63, 3.8) is 0 Å². The van der Waals surface area contributed by atoms with Gasteiger partial charge in [-0.15, -0.1) is 0 Å². The predicted octanol–water partition coefficient (Wildman–Crippen LogP) is 5.50. The second kappa shape index (κ2) is 5.58. The summed E-state index contributed by atoms with van der Waals surface area (Å²) in [5, 5.41) is 3.19. The molecule has 118 valence electrons. The van der Waals surface area contributed by atoms with Crippen molar-refractivity contribution < 1.29 is 18.0 Å². The minimum atomic E-state index is -4.48. The van der Waals surface area contributed by atoms with Gasteiger partial charge in [-0.1, -0.05) is 29.3 Å². The van der Waals surface area contributed by atoms with Crippen molar-refractivity contribution in [3.8, 4) is 0 Å². The van der Waals surface area contributed by atoms with Crippen molar-refractivity contribution >= 4 is 46.4 Å². The van der Waals surface area contributed by atoms with E-state index in [-0.39, 0.29) is 16.2 Å². The zero-order valence-corrected chi connectivity index (χ0v) is 12.9. The number of fused-ring (bicyclic) bond motifs is 1. The Bertz CT molecular complexity index is 844. The molecule has 0 atom stereocenters. The van der Waals surface area contributed by atoms with E-state index >= 15 is 0 Å². The monoisotopic (exact) mass is 357 g/mol. The van der Waals surface area contributed by atoms with Gasteiger partial charge in [0.1, 0.15) is 0 Å². The zero-order valence-electron chi connectivity index (χ0n) is 11.3. The van der Waals surface area contributed by atoms with Gasteiger partial charge in [-0.25, -0.2) is 0 Å². The summed E-state index contributed by atoms with van der Waals surface area (Å²) in [6.45, 7) is 0. The molecular weight excluding hydrogens is 350 g/mol. The van der Waals surface area contributed by atoms with E-state index in [0.717, 1.165) is 18.2 Å². The molecule has 0 spiro atoms. The molecule has 0 aliphatic carbocycles. The maximum Gasteiger partial charge on any atom is 0.416 e. The minimum Gasteiger partial charge on any atom is -0.321 e. The van der Waals surface area contributed by atoms with E-state index in [0.29, 0.717) is 16.3 Å². The molecule has 2 aromatic carbocycles. The summed E-state index contributed by atoms with van der Waals surface area (Å²) >= 11 is 11.8. The van der Waals surface area contributed by atoms with Crippen molar-refractivity contribution in [1.29, 1.82) is 0 Å². The molecule has 0 unspecified atom stereocenters. The van der Waals surface area contributed by atoms with Gasteiger partial charge in [-0.2, -0.15) is 13.2 Å². The van der Waals surface area contributed by atoms with Gasteiger partial charge in [-0.05, 0) is 42.0 Å². The molecule has 1 amide bonds.